The van der Waals surface area contributed by atoms with Gasteiger partial charge in [0.1, 0.15) is 6.54 Å². The Labute approximate surface area is 127 Å². The molecule has 1 heterocycles. The number of hydrogen-bond donors (Lipinski definition) is 2. The normalized spacial score (nSPS) is 10.7. The number of fused-ring (bicyclic) bond motifs is 1. The second kappa shape index (κ2) is 5.50. The average molecular weight is 300 g/mol. The Hall–Kier alpha value is -2.46. The first-order chi connectivity index (χ1) is 10.1. The summed E-state index contributed by atoms with van der Waals surface area (Å²) in [5.74, 6) is -0.114. The van der Waals surface area contributed by atoms with Gasteiger partial charge in [-0.3, -0.25) is 4.79 Å². The van der Waals surface area contributed by atoms with E-state index in [9.17, 15) is 4.79 Å². The van der Waals surface area contributed by atoms with E-state index in [0.29, 0.717) is 10.7 Å². The summed E-state index contributed by atoms with van der Waals surface area (Å²) < 4.78 is 1.84. The minimum absolute atomic E-state index is 0.114. The summed E-state index contributed by atoms with van der Waals surface area (Å²) in [5, 5.41) is 4.42. The molecule has 0 bridgehead atoms. The lowest BCUT2D eigenvalue weighted by atomic mass is 10.2. The Morgan fingerprint density at radius 3 is 2.62 bits per heavy atom. The predicted molar refractivity (Wildman–Crippen MR) is 86.4 cm³/mol. The third kappa shape index (κ3) is 2.85. The van der Waals surface area contributed by atoms with Crippen LogP contribution in [0.2, 0.25) is 5.02 Å². The zero-order valence-corrected chi connectivity index (χ0v) is 12.0. The van der Waals surface area contributed by atoms with E-state index in [-0.39, 0.29) is 12.5 Å². The fourth-order valence-corrected chi connectivity index (χ4v) is 2.53. The fourth-order valence-electron chi connectivity index (χ4n) is 2.25. The van der Waals surface area contributed by atoms with Crippen molar-refractivity contribution in [3.8, 4) is 0 Å². The molecule has 0 aliphatic carbocycles. The molecule has 3 N–H and O–H groups in total. The molecule has 2 aromatic carbocycles. The lowest BCUT2D eigenvalue weighted by molar-refractivity contribution is -0.116. The molecule has 3 rings (SSSR count). The van der Waals surface area contributed by atoms with Gasteiger partial charge in [0.15, 0.2) is 0 Å². The van der Waals surface area contributed by atoms with Crippen molar-refractivity contribution in [1.82, 2.24) is 4.57 Å². The summed E-state index contributed by atoms with van der Waals surface area (Å²) in [6.07, 6.45) is 1.77. The molecule has 1 aromatic heterocycles. The van der Waals surface area contributed by atoms with E-state index < -0.39 is 0 Å². The van der Waals surface area contributed by atoms with Gasteiger partial charge in [0, 0.05) is 23.0 Å². The third-order valence-electron chi connectivity index (χ3n) is 3.25. The molecule has 106 valence electrons. The highest BCUT2D eigenvalue weighted by molar-refractivity contribution is 6.35. The number of amides is 1. The number of nitrogen functional groups attached to an aromatic ring is 1. The Kier molecular flexibility index (Phi) is 3.54. The molecule has 21 heavy (non-hydrogen) atoms. The Morgan fingerprint density at radius 2 is 1.86 bits per heavy atom. The van der Waals surface area contributed by atoms with Gasteiger partial charge in [0.05, 0.1) is 10.5 Å². The lowest BCUT2D eigenvalue weighted by Gasteiger charge is -2.07. The standard InChI is InChI=1S/C16H14ClN3O/c17-14-9-20(15-4-2-1-3-13(14)15)10-16(21)19-12-7-5-11(18)6-8-12/h1-9H,10,18H2,(H,19,21). The third-order valence-corrected chi connectivity index (χ3v) is 3.55. The van der Waals surface area contributed by atoms with E-state index in [2.05, 4.69) is 5.32 Å². The number of aromatic nitrogens is 1. The quantitative estimate of drug-likeness (QED) is 0.727. The average Bonchev–Trinajstić information content (AvgIpc) is 2.78. The molecule has 0 fully saturated rings. The van der Waals surface area contributed by atoms with Crippen molar-refractivity contribution in [2.45, 2.75) is 6.54 Å². The van der Waals surface area contributed by atoms with Crippen LogP contribution in [0.4, 0.5) is 11.4 Å². The molecule has 0 aliphatic rings. The number of benzene rings is 2. The number of nitrogens with two attached hydrogens (primary N) is 1. The minimum atomic E-state index is -0.114. The lowest BCUT2D eigenvalue weighted by Crippen LogP contribution is -2.18. The SMILES string of the molecule is Nc1ccc(NC(=O)Cn2cc(Cl)c3ccccc32)cc1. The first kappa shape index (κ1) is 13.5. The molecule has 0 radical (unpaired) electrons. The van der Waals surface area contributed by atoms with E-state index in [1.54, 1.807) is 30.5 Å². The van der Waals surface area contributed by atoms with E-state index in [0.717, 1.165) is 16.6 Å². The van der Waals surface area contributed by atoms with Crippen LogP contribution in [0.3, 0.4) is 0 Å². The van der Waals surface area contributed by atoms with Crippen LogP contribution in [0.1, 0.15) is 0 Å². The maximum absolute atomic E-state index is 12.1. The van der Waals surface area contributed by atoms with Crippen molar-refractivity contribution >= 4 is 39.8 Å². The highest BCUT2D eigenvalue weighted by Gasteiger charge is 2.09. The monoisotopic (exact) mass is 299 g/mol. The Bertz CT molecular complexity index is 793. The van der Waals surface area contributed by atoms with Gasteiger partial charge in [-0.2, -0.15) is 0 Å². The van der Waals surface area contributed by atoms with Crippen molar-refractivity contribution in [1.29, 1.82) is 0 Å². The predicted octanol–water partition coefficient (Wildman–Crippen LogP) is 3.52. The fraction of sp³-hybridized carbons (Fsp3) is 0.0625. The number of carbonyl (C=O) groups is 1. The minimum Gasteiger partial charge on any atom is -0.399 e. The number of anilines is 2. The highest BCUT2D eigenvalue weighted by Crippen LogP contribution is 2.25. The van der Waals surface area contributed by atoms with Crippen LogP contribution in [0.5, 0.6) is 0 Å². The summed E-state index contributed by atoms with van der Waals surface area (Å²) in [7, 11) is 0. The highest BCUT2D eigenvalue weighted by atomic mass is 35.5. The zero-order valence-electron chi connectivity index (χ0n) is 11.2. The van der Waals surface area contributed by atoms with E-state index in [1.807, 2.05) is 28.8 Å². The maximum Gasteiger partial charge on any atom is 0.244 e. The smallest absolute Gasteiger partial charge is 0.244 e. The van der Waals surface area contributed by atoms with Crippen molar-refractivity contribution in [2.75, 3.05) is 11.1 Å². The van der Waals surface area contributed by atoms with Gasteiger partial charge in [0.25, 0.3) is 0 Å². The molecule has 0 atom stereocenters. The molecular formula is C16H14ClN3O. The molecule has 0 saturated heterocycles. The van der Waals surface area contributed by atoms with Crippen molar-refractivity contribution < 1.29 is 4.79 Å². The Balaban J connectivity index is 1.79. The zero-order chi connectivity index (χ0) is 14.8. The van der Waals surface area contributed by atoms with Gasteiger partial charge in [0.2, 0.25) is 5.91 Å². The van der Waals surface area contributed by atoms with Crippen LogP contribution < -0.4 is 11.1 Å². The molecular weight excluding hydrogens is 286 g/mol. The molecule has 0 saturated carbocycles. The van der Waals surface area contributed by atoms with Crippen molar-refractivity contribution in [2.24, 2.45) is 0 Å². The van der Waals surface area contributed by atoms with E-state index >= 15 is 0 Å². The second-order valence-electron chi connectivity index (χ2n) is 4.79. The second-order valence-corrected chi connectivity index (χ2v) is 5.20. The van der Waals surface area contributed by atoms with Crippen LogP contribution in [-0.2, 0) is 11.3 Å². The summed E-state index contributed by atoms with van der Waals surface area (Å²) in [6.45, 7) is 0.206. The van der Waals surface area contributed by atoms with Gasteiger partial charge in [-0.15, -0.1) is 0 Å². The van der Waals surface area contributed by atoms with E-state index in [4.69, 9.17) is 17.3 Å². The number of halogens is 1. The Morgan fingerprint density at radius 1 is 1.14 bits per heavy atom. The van der Waals surface area contributed by atoms with Crippen molar-refractivity contribution in [3.63, 3.8) is 0 Å². The number of nitrogens with zero attached hydrogens (tertiary/aromatic N) is 1. The number of nitrogens with one attached hydrogen (secondary N) is 1. The molecule has 1 amide bonds. The van der Waals surface area contributed by atoms with Gasteiger partial charge in [-0.05, 0) is 30.3 Å². The van der Waals surface area contributed by atoms with Crippen LogP contribution in [0.15, 0.2) is 54.7 Å². The summed E-state index contributed by atoms with van der Waals surface area (Å²) in [4.78, 5) is 12.1. The molecule has 0 aliphatic heterocycles. The summed E-state index contributed by atoms with van der Waals surface area (Å²) >= 11 is 6.17. The largest absolute Gasteiger partial charge is 0.399 e. The van der Waals surface area contributed by atoms with Crippen LogP contribution >= 0.6 is 11.6 Å². The number of hydrogen-bond acceptors (Lipinski definition) is 2. The van der Waals surface area contributed by atoms with Crippen molar-refractivity contribution in [3.05, 3.63) is 59.8 Å². The molecule has 0 spiro atoms. The molecule has 4 nitrogen and oxygen atoms in total. The number of rotatable bonds is 3. The van der Waals surface area contributed by atoms with Gasteiger partial charge in [-0.25, -0.2) is 0 Å². The number of para-hydroxylation sites is 1. The summed E-state index contributed by atoms with van der Waals surface area (Å²) in [6, 6.07) is 14.8. The van der Waals surface area contributed by atoms with Gasteiger partial charge in [-0.1, -0.05) is 29.8 Å². The first-order valence-electron chi connectivity index (χ1n) is 6.52. The molecule has 5 heteroatoms. The first-order valence-corrected chi connectivity index (χ1v) is 6.90. The van der Waals surface area contributed by atoms with Gasteiger partial charge >= 0.3 is 0 Å². The summed E-state index contributed by atoms with van der Waals surface area (Å²) in [5.41, 5.74) is 7.94. The van der Waals surface area contributed by atoms with Crippen LogP contribution in [0, 0.1) is 0 Å². The topological polar surface area (TPSA) is 60.0 Å². The van der Waals surface area contributed by atoms with Gasteiger partial charge < -0.3 is 15.6 Å². The van der Waals surface area contributed by atoms with Crippen LogP contribution in [0.25, 0.3) is 10.9 Å². The maximum atomic E-state index is 12.1. The number of carbonyl (C=O) groups excluding carboxylic acids is 1. The molecule has 0 unspecified atom stereocenters. The van der Waals surface area contributed by atoms with E-state index in [1.165, 1.54) is 0 Å². The van der Waals surface area contributed by atoms with Crippen LogP contribution in [-0.4, -0.2) is 10.5 Å². The molecule has 3 aromatic rings.